The molecule has 2 unspecified atom stereocenters. The highest BCUT2D eigenvalue weighted by Gasteiger charge is 2.22. The van der Waals surface area contributed by atoms with E-state index in [2.05, 4.69) is 86.8 Å². The number of hydrogen-bond donors (Lipinski definition) is 0. The van der Waals surface area contributed by atoms with Crippen LogP contribution in [0, 0.1) is 0 Å². The summed E-state index contributed by atoms with van der Waals surface area (Å²) in [6, 6.07) is 0. The van der Waals surface area contributed by atoms with Crippen LogP contribution in [0.5, 0.6) is 0 Å². The van der Waals surface area contributed by atoms with Crippen molar-refractivity contribution < 1.29 is 42.9 Å². The van der Waals surface area contributed by atoms with Crippen molar-refractivity contribution >= 4 is 17.9 Å². The zero-order chi connectivity index (χ0) is 57.6. The maximum atomic E-state index is 12.9. The minimum atomic E-state index is -1.63. The Balaban J connectivity index is 4.13. The van der Waals surface area contributed by atoms with E-state index in [1.54, 1.807) is 0 Å². The summed E-state index contributed by atoms with van der Waals surface area (Å²) in [5.41, 5.74) is 0. The van der Waals surface area contributed by atoms with Crippen LogP contribution in [-0.2, 0) is 33.3 Å². The van der Waals surface area contributed by atoms with E-state index in [0.29, 0.717) is 17.4 Å². The average molecular weight is 1110 g/mol. The fraction of sp³-hybridized carbons (Fsp3) is 0.786. The van der Waals surface area contributed by atoms with E-state index in [1.807, 2.05) is 21.1 Å². The molecule has 0 bridgehead atoms. The van der Waals surface area contributed by atoms with Gasteiger partial charge in [0.05, 0.1) is 40.3 Å². The molecular weight excluding hydrogens is 983 g/mol. The number of ether oxygens (including phenoxy) is 4. The number of aliphatic carboxylic acids is 1. The Hall–Kier alpha value is -3.27. The second-order valence-electron chi connectivity index (χ2n) is 23.4. The molecule has 0 aliphatic heterocycles. The van der Waals surface area contributed by atoms with Crippen molar-refractivity contribution in [2.24, 2.45) is 0 Å². The monoisotopic (exact) mass is 1110 g/mol. The van der Waals surface area contributed by atoms with Crippen LogP contribution in [-0.4, -0.2) is 82.3 Å². The molecule has 0 aromatic rings. The number of carbonyl (C=O) groups excluding carboxylic acids is 3. The fourth-order valence-corrected chi connectivity index (χ4v) is 9.38. The number of nitrogens with zero attached hydrogens (tertiary/aromatic N) is 1. The van der Waals surface area contributed by atoms with Crippen molar-refractivity contribution in [1.29, 1.82) is 0 Å². The maximum absolute atomic E-state index is 12.9. The first-order valence-corrected chi connectivity index (χ1v) is 33.1. The van der Waals surface area contributed by atoms with Gasteiger partial charge in [0.1, 0.15) is 13.2 Å². The van der Waals surface area contributed by atoms with Crippen molar-refractivity contribution in [3.63, 3.8) is 0 Å². The molecule has 0 N–H and O–H groups in total. The van der Waals surface area contributed by atoms with Gasteiger partial charge >= 0.3 is 11.9 Å². The number of carbonyl (C=O) groups is 3. The van der Waals surface area contributed by atoms with Gasteiger partial charge in [-0.05, 0) is 83.5 Å². The highest BCUT2D eigenvalue weighted by atomic mass is 16.7. The summed E-state index contributed by atoms with van der Waals surface area (Å²) in [4.78, 5) is 37.4. The largest absolute Gasteiger partial charge is 0.545 e. The fourth-order valence-electron chi connectivity index (χ4n) is 9.38. The molecule has 0 saturated carbocycles. The highest BCUT2D eigenvalue weighted by molar-refractivity contribution is 5.70. The first-order chi connectivity index (χ1) is 38.6. The van der Waals surface area contributed by atoms with Crippen LogP contribution in [0.4, 0.5) is 0 Å². The summed E-state index contributed by atoms with van der Waals surface area (Å²) in [6.45, 7) is 4.65. The molecule has 0 aliphatic rings. The first kappa shape index (κ1) is 75.7. The van der Waals surface area contributed by atoms with Gasteiger partial charge in [-0.1, -0.05) is 273 Å². The summed E-state index contributed by atoms with van der Waals surface area (Å²) in [5.74, 6) is -2.29. The molecule has 0 fully saturated rings. The van der Waals surface area contributed by atoms with Gasteiger partial charge in [-0.15, -0.1) is 0 Å². The smallest absolute Gasteiger partial charge is 0.306 e. The van der Waals surface area contributed by atoms with Gasteiger partial charge in [-0.25, -0.2) is 0 Å². The number of quaternary nitrogens is 1. The van der Waals surface area contributed by atoms with Crippen LogP contribution in [0.15, 0.2) is 72.9 Å². The predicted molar refractivity (Wildman–Crippen MR) is 334 cm³/mol. The van der Waals surface area contributed by atoms with Gasteiger partial charge in [-0.2, -0.15) is 0 Å². The third-order valence-corrected chi connectivity index (χ3v) is 14.4. The topological polar surface area (TPSA) is 111 Å². The Kier molecular flexibility index (Phi) is 58.3. The SMILES string of the molecule is CC/C=C\C/C=C\C/C=C\C/C=C\C/C=C\CCCCCCCCCC(=O)OC(COC(=O)CCCCCCCCCCCCCCCCCCCCC/C=C\CCCCCCCCCC)COC(OCC[N+](C)(C)C)C(=O)[O-]. The van der Waals surface area contributed by atoms with Crippen molar-refractivity contribution in [3.05, 3.63) is 72.9 Å². The van der Waals surface area contributed by atoms with E-state index in [9.17, 15) is 19.5 Å². The second kappa shape index (κ2) is 60.8. The second-order valence-corrected chi connectivity index (χ2v) is 23.4. The van der Waals surface area contributed by atoms with Gasteiger partial charge in [0.25, 0.3) is 0 Å². The molecule has 79 heavy (non-hydrogen) atoms. The number of carboxylic acids is 1. The van der Waals surface area contributed by atoms with E-state index in [-0.39, 0.29) is 38.6 Å². The summed E-state index contributed by atoms with van der Waals surface area (Å²) in [7, 11) is 5.92. The minimum absolute atomic E-state index is 0.143. The van der Waals surface area contributed by atoms with E-state index >= 15 is 0 Å². The molecule has 9 heteroatoms. The van der Waals surface area contributed by atoms with Crippen molar-refractivity contribution in [3.8, 4) is 0 Å². The van der Waals surface area contributed by atoms with Gasteiger partial charge < -0.3 is 33.3 Å². The van der Waals surface area contributed by atoms with Crippen LogP contribution in [0.25, 0.3) is 0 Å². The summed E-state index contributed by atoms with van der Waals surface area (Å²) >= 11 is 0. The van der Waals surface area contributed by atoms with Crippen LogP contribution >= 0.6 is 0 Å². The standard InChI is InChI=1S/C70H125NO8/c1-6-8-10-12-14-16-18-20-22-24-26-28-30-31-32-33-34-35-36-37-39-40-42-44-46-48-50-52-54-56-58-60-67(72)77-64-66(65-78-70(69(74)75)76-63-62-71(3,4)5)79-68(73)61-59-57-55-53-51-49-47-45-43-41-38-29-27-25-23-21-19-17-15-13-11-9-7-2/h9,11,15,17,21,23-24,26-27,29,41,43,66,70H,6-8,10,12-14,16,18-20,22,25,28,30-40,42,44-65H2,1-5H3/b11-9-,17-15-,23-21-,26-24-,29-27-,43-41-. The van der Waals surface area contributed by atoms with E-state index in [0.717, 1.165) is 77.0 Å². The number of unbranched alkanes of at least 4 members (excludes halogenated alkanes) is 34. The minimum Gasteiger partial charge on any atom is -0.545 e. The molecule has 0 rings (SSSR count). The lowest BCUT2D eigenvalue weighted by atomic mass is 10.0. The molecule has 458 valence electrons. The highest BCUT2D eigenvalue weighted by Crippen LogP contribution is 2.17. The molecule has 0 aliphatic carbocycles. The Morgan fingerprint density at radius 2 is 0.722 bits per heavy atom. The molecule has 0 aromatic carbocycles. The Labute approximate surface area is 487 Å². The third-order valence-electron chi connectivity index (χ3n) is 14.4. The molecular formula is C70H125NO8. The number of carboxylic acid groups (broad SMARTS) is 1. The molecule has 2 atom stereocenters. The molecule has 0 heterocycles. The number of allylic oxidation sites excluding steroid dienone is 12. The van der Waals surface area contributed by atoms with Crippen molar-refractivity contribution in [2.45, 2.75) is 309 Å². The lowest BCUT2D eigenvalue weighted by Gasteiger charge is -2.26. The van der Waals surface area contributed by atoms with Crippen LogP contribution in [0.3, 0.4) is 0 Å². The van der Waals surface area contributed by atoms with Gasteiger partial charge in [0, 0.05) is 12.8 Å². The zero-order valence-electron chi connectivity index (χ0n) is 52.2. The maximum Gasteiger partial charge on any atom is 0.306 e. The van der Waals surface area contributed by atoms with Crippen LogP contribution < -0.4 is 5.11 Å². The molecule has 9 nitrogen and oxygen atoms in total. The Morgan fingerprint density at radius 1 is 0.392 bits per heavy atom. The quantitative estimate of drug-likeness (QED) is 0.0195. The number of rotatable bonds is 61. The van der Waals surface area contributed by atoms with Gasteiger partial charge in [0.15, 0.2) is 12.4 Å². The summed E-state index contributed by atoms with van der Waals surface area (Å²) in [5, 5.41) is 11.8. The molecule has 0 spiro atoms. The Bertz CT molecular complexity index is 1520. The van der Waals surface area contributed by atoms with Gasteiger partial charge in [-0.3, -0.25) is 9.59 Å². The number of hydrogen-bond acceptors (Lipinski definition) is 8. The van der Waals surface area contributed by atoms with E-state index in [1.165, 1.54) is 186 Å². The number of esters is 2. The van der Waals surface area contributed by atoms with Crippen molar-refractivity contribution in [2.75, 3.05) is 47.5 Å². The molecule has 0 saturated heterocycles. The lowest BCUT2D eigenvalue weighted by molar-refractivity contribution is -0.870. The third kappa shape index (κ3) is 62.2. The first-order valence-electron chi connectivity index (χ1n) is 33.1. The van der Waals surface area contributed by atoms with Gasteiger partial charge in [0.2, 0.25) is 0 Å². The van der Waals surface area contributed by atoms with Crippen LogP contribution in [0.1, 0.15) is 296 Å². The molecule has 0 radical (unpaired) electrons. The summed E-state index contributed by atoms with van der Waals surface area (Å²) in [6.07, 6.45) is 76.9. The number of likely N-dealkylation sites (N-methyl/N-ethyl adjacent to an activating group) is 1. The van der Waals surface area contributed by atoms with Crippen molar-refractivity contribution in [1.82, 2.24) is 0 Å². The van der Waals surface area contributed by atoms with Crippen LogP contribution in [0.2, 0.25) is 0 Å². The zero-order valence-corrected chi connectivity index (χ0v) is 52.2. The normalized spacial score (nSPS) is 13.2. The Morgan fingerprint density at radius 3 is 1.09 bits per heavy atom. The summed E-state index contributed by atoms with van der Waals surface area (Å²) < 4.78 is 22.8. The molecule has 0 amide bonds. The average Bonchev–Trinajstić information content (AvgIpc) is 3.42. The van der Waals surface area contributed by atoms with E-state index < -0.39 is 24.3 Å². The van der Waals surface area contributed by atoms with E-state index in [4.69, 9.17) is 18.9 Å². The lowest BCUT2D eigenvalue weighted by Crippen LogP contribution is -2.44. The predicted octanol–water partition coefficient (Wildman–Crippen LogP) is 18.8. The molecule has 0 aromatic heterocycles.